The fraction of sp³-hybridized carbons (Fsp3) is 0.417. The third kappa shape index (κ3) is 5.58. The lowest BCUT2D eigenvalue weighted by molar-refractivity contribution is 0.0943. The molecule has 1 aromatic rings. The summed E-state index contributed by atoms with van der Waals surface area (Å²) >= 11 is 5.02. The zero-order valence-electron chi connectivity index (χ0n) is 10.4. The van der Waals surface area contributed by atoms with Crippen molar-refractivity contribution in [3.8, 4) is 0 Å². The van der Waals surface area contributed by atoms with Crippen LogP contribution in [0.3, 0.4) is 0 Å². The lowest BCUT2D eigenvalue weighted by atomic mass is 10.2. The van der Waals surface area contributed by atoms with E-state index in [0.717, 1.165) is 13.0 Å². The molecule has 1 heterocycles. The third-order valence-corrected chi connectivity index (χ3v) is 2.54. The van der Waals surface area contributed by atoms with Crippen LogP contribution in [0.1, 0.15) is 36.5 Å². The van der Waals surface area contributed by atoms with E-state index in [1.54, 1.807) is 24.5 Å². The molecule has 0 bridgehead atoms. The molecule has 18 heavy (non-hydrogen) atoms. The molecule has 0 aliphatic carbocycles. The fourth-order valence-corrected chi connectivity index (χ4v) is 1.46. The number of hydrogen-bond acceptors (Lipinski definition) is 3. The number of carbonyl (C=O) groups excluding carboxylic acids is 1. The highest BCUT2D eigenvalue weighted by atomic mass is 32.1. The topological polar surface area (TPSA) is 66.0 Å². The van der Waals surface area contributed by atoms with Gasteiger partial charge in [0.05, 0.1) is 0 Å². The van der Waals surface area contributed by atoms with Gasteiger partial charge in [0.15, 0.2) is 5.11 Å². The Morgan fingerprint density at radius 2 is 2.00 bits per heavy atom. The molecule has 3 N–H and O–H groups in total. The van der Waals surface area contributed by atoms with Crippen LogP contribution in [0.25, 0.3) is 0 Å². The Morgan fingerprint density at radius 3 is 2.67 bits per heavy atom. The van der Waals surface area contributed by atoms with Crippen LogP contribution in [-0.4, -0.2) is 22.5 Å². The van der Waals surface area contributed by atoms with Gasteiger partial charge >= 0.3 is 0 Å². The number of rotatable bonds is 5. The van der Waals surface area contributed by atoms with Gasteiger partial charge in [-0.3, -0.25) is 20.6 Å². The first-order chi connectivity index (χ1) is 8.74. The summed E-state index contributed by atoms with van der Waals surface area (Å²) in [5.74, 6) is -0.241. The first-order valence-electron chi connectivity index (χ1n) is 5.98. The van der Waals surface area contributed by atoms with Crippen LogP contribution in [-0.2, 0) is 0 Å². The van der Waals surface area contributed by atoms with Gasteiger partial charge in [0.25, 0.3) is 5.91 Å². The Morgan fingerprint density at radius 1 is 1.28 bits per heavy atom. The summed E-state index contributed by atoms with van der Waals surface area (Å²) in [4.78, 5) is 15.5. The molecular weight excluding hydrogens is 248 g/mol. The average Bonchev–Trinajstić information content (AvgIpc) is 2.42. The monoisotopic (exact) mass is 266 g/mol. The van der Waals surface area contributed by atoms with E-state index in [9.17, 15) is 4.79 Å². The molecule has 0 aliphatic rings. The van der Waals surface area contributed by atoms with Crippen LogP contribution in [0, 0.1) is 0 Å². The summed E-state index contributed by atoms with van der Waals surface area (Å²) in [7, 11) is 0. The van der Waals surface area contributed by atoms with E-state index in [-0.39, 0.29) is 5.91 Å². The van der Waals surface area contributed by atoms with Crippen molar-refractivity contribution < 1.29 is 4.79 Å². The minimum Gasteiger partial charge on any atom is -0.361 e. The smallest absolute Gasteiger partial charge is 0.269 e. The molecule has 0 aliphatic heterocycles. The van der Waals surface area contributed by atoms with Crippen molar-refractivity contribution in [3.05, 3.63) is 30.1 Å². The highest BCUT2D eigenvalue weighted by molar-refractivity contribution is 7.80. The summed E-state index contributed by atoms with van der Waals surface area (Å²) in [6.45, 7) is 2.95. The molecular formula is C12H18N4OS. The number of hydrogen-bond donors (Lipinski definition) is 3. The normalized spacial score (nSPS) is 9.61. The average molecular weight is 266 g/mol. The fourth-order valence-electron chi connectivity index (χ4n) is 1.31. The molecule has 0 saturated carbocycles. The zero-order chi connectivity index (χ0) is 13.2. The van der Waals surface area contributed by atoms with Crippen molar-refractivity contribution in [2.75, 3.05) is 6.54 Å². The first kappa shape index (κ1) is 14.4. The van der Waals surface area contributed by atoms with Crippen LogP contribution in [0.5, 0.6) is 0 Å². The van der Waals surface area contributed by atoms with Crippen molar-refractivity contribution in [1.29, 1.82) is 0 Å². The summed E-state index contributed by atoms with van der Waals surface area (Å²) in [6.07, 6.45) is 6.53. The SMILES string of the molecule is CCCCCNC(=S)NNC(=O)c1ccncc1. The summed E-state index contributed by atoms with van der Waals surface area (Å²) in [6, 6.07) is 3.27. The van der Waals surface area contributed by atoms with Crippen molar-refractivity contribution in [3.63, 3.8) is 0 Å². The van der Waals surface area contributed by atoms with E-state index in [1.165, 1.54) is 12.8 Å². The predicted octanol–water partition coefficient (Wildman–Crippen LogP) is 1.38. The maximum absolute atomic E-state index is 11.6. The standard InChI is InChI=1S/C12H18N4OS/c1-2-3-4-7-14-12(18)16-15-11(17)10-5-8-13-9-6-10/h5-6,8-9H,2-4,7H2,1H3,(H,15,17)(H2,14,16,18). The van der Waals surface area contributed by atoms with Gasteiger partial charge in [-0.1, -0.05) is 19.8 Å². The van der Waals surface area contributed by atoms with Gasteiger partial charge < -0.3 is 5.32 Å². The van der Waals surface area contributed by atoms with Crippen LogP contribution in [0.2, 0.25) is 0 Å². The first-order valence-corrected chi connectivity index (χ1v) is 6.39. The molecule has 0 radical (unpaired) electrons. The number of hydrazine groups is 1. The second kappa shape index (κ2) is 8.41. The quantitative estimate of drug-likeness (QED) is 0.427. The molecule has 0 atom stereocenters. The highest BCUT2D eigenvalue weighted by Crippen LogP contribution is 1.94. The minimum absolute atomic E-state index is 0.241. The lowest BCUT2D eigenvalue weighted by Crippen LogP contribution is -2.46. The number of thiocarbonyl (C=S) groups is 1. The predicted molar refractivity (Wildman–Crippen MR) is 75.0 cm³/mol. The van der Waals surface area contributed by atoms with E-state index < -0.39 is 0 Å². The van der Waals surface area contributed by atoms with Crippen LogP contribution in [0.15, 0.2) is 24.5 Å². The molecule has 98 valence electrons. The van der Waals surface area contributed by atoms with Crippen molar-refractivity contribution >= 4 is 23.2 Å². The number of unbranched alkanes of at least 4 members (excludes halogenated alkanes) is 2. The molecule has 5 nitrogen and oxygen atoms in total. The molecule has 0 fully saturated rings. The molecule has 0 unspecified atom stereocenters. The second-order valence-electron chi connectivity index (χ2n) is 3.78. The Bertz CT molecular complexity index is 383. The van der Waals surface area contributed by atoms with Gasteiger partial charge in [-0.05, 0) is 30.8 Å². The number of aromatic nitrogens is 1. The summed E-state index contributed by atoms with van der Waals surface area (Å²) < 4.78 is 0. The Balaban J connectivity index is 2.20. The zero-order valence-corrected chi connectivity index (χ0v) is 11.2. The molecule has 1 aromatic heterocycles. The van der Waals surface area contributed by atoms with E-state index in [2.05, 4.69) is 28.1 Å². The van der Waals surface area contributed by atoms with Gasteiger partial charge in [0.1, 0.15) is 0 Å². The second-order valence-corrected chi connectivity index (χ2v) is 4.19. The van der Waals surface area contributed by atoms with Crippen molar-refractivity contribution in [1.82, 2.24) is 21.2 Å². The number of carbonyl (C=O) groups is 1. The van der Waals surface area contributed by atoms with Gasteiger partial charge in [0.2, 0.25) is 0 Å². The largest absolute Gasteiger partial charge is 0.361 e. The summed E-state index contributed by atoms with van der Waals surface area (Å²) in [5.41, 5.74) is 5.71. The number of nitrogens with one attached hydrogen (secondary N) is 3. The molecule has 0 spiro atoms. The van der Waals surface area contributed by atoms with E-state index >= 15 is 0 Å². The molecule has 6 heteroatoms. The van der Waals surface area contributed by atoms with Gasteiger partial charge in [0, 0.05) is 24.5 Å². The minimum atomic E-state index is -0.241. The molecule has 0 saturated heterocycles. The van der Waals surface area contributed by atoms with Crippen LogP contribution in [0.4, 0.5) is 0 Å². The van der Waals surface area contributed by atoms with Gasteiger partial charge in [-0.25, -0.2) is 0 Å². The van der Waals surface area contributed by atoms with Crippen LogP contribution < -0.4 is 16.2 Å². The maximum atomic E-state index is 11.6. The van der Waals surface area contributed by atoms with E-state index in [0.29, 0.717) is 10.7 Å². The number of pyridine rings is 1. The maximum Gasteiger partial charge on any atom is 0.269 e. The van der Waals surface area contributed by atoms with Gasteiger partial charge in [-0.15, -0.1) is 0 Å². The third-order valence-electron chi connectivity index (χ3n) is 2.30. The van der Waals surface area contributed by atoms with Crippen LogP contribution >= 0.6 is 12.2 Å². The molecule has 0 aromatic carbocycles. The van der Waals surface area contributed by atoms with Gasteiger partial charge in [-0.2, -0.15) is 0 Å². The molecule has 1 rings (SSSR count). The van der Waals surface area contributed by atoms with Crippen molar-refractivity contribution in [2.45, 2.75) is 26.2 Å². The number of nitrogens with zero attached hydrogens (tertiary/aromatic N) is 1. The Labute approximate surface area is 112 Å². The molecule has 1 amide bonds. The summed E-state index contributed by atoms with van der Waals surface area (Å²) in [5, 5.41) is 3.44. The van der Waals surface area contributed by atoms with E-state index in [1.807, 2.05) is 0 Å². The number of amides is 1. The highest BCUT2D eigenvalue weighted by Gasteiger charge is 2.04. The lowest BCUT2D eigenvalue weighted by Gasteiger charge is -2.11. The Kier molecular flexibility index (Phi) is 6.71. The Hall–Kier alpha value is -1.69. The van der Waals surface area contributed by atoms with Crippen molar-refractivity contribution in [2.24, 2.45) is 0 Å². The van der Waals surface area contributed by atoms with E-state index in [4.69, 9.17) is 12.2 Å².